The first-order valence-corrected chi connectivity index (χ1v) is 45.3. The minimum atomic E-state index is -1.04. The van der Waals surface area contributed by atoms with Crippen LogP contribution in [0.5, 0.6) is 0 Å². The van der Waals surface area contributed by atoms with Crippen LogP contribution in [-0.2, 0) is 80.9 Å². The molecule has 2 aromatic heterocycles. The number of nitrogen functional groups attached to an aromatic ring is 1. The van der Waals surface area contributed by atoms with Crippen LogP contribution in [0.3, 0.4) is 0 Å². The Morgan fingerprint density at radius 1 is 0.481 bits per heavy atom. The summed E-state index contributed by atoms with van der Waals surface area (Å²) in [7, 11) is 7.08. The van der Waals surface area contributed by atoms with E-state index in [9.17, 15) is 77.6 Å². The largest absolute Gasteiger partial charge is 1.00 e. The van der Waals surface area contributed by atoms with Crippen molar-refractivity contribution in [1.82, 2.24) is 39.4 Å². The number of alkyl halides is 2. The number of likely N-dealkylation sites (tertiary alicyclic amines) is 3. The number of amides is 7. The number of carboxylic acid groups (broad SMARTS) is 1. The van der Waals surface area contributed by atoms with Gasteiger partial charge in [-0.05, 0) is 231 Å². The summed E-state index contributed by atoms with van der Waals surface area (Å²) in [5.74, 6) is -2.41. The van der Waals surface area contributed by atoms with Gasteiger partial charge >= 0.3 is 96.0 Å². The number of anilines is 2. The molecular weight excluding hydrogens is 2090 g/mol. The molecule has 0 aromatic carbocycles. The van der Waals surface area contributed by atoms with E-state index in [1.54, 1.807) is 161 Å². The molecule has 12 atom stereocenters. The van der Waals surface area contributed by atoms with Crippen molar-refractivity contribution in [1.29, 1.82) is 0 Å². The standard InChI is InChI=1S/C17H22BrN3O4.C13H21NO5.2C12H19NO5.C12H17NO5.C11H17NO4.C5H5BrN2.CH2I2.2CH4O.B.Na.H/c1-16(2,3)25-15(24)21-10(7-17(9-22)8-11(17)21)14(23)20-13-6-4-5-12(18)19-13;1-12(2,3)19-11(17)14-8(10(16)18-4)5-13(7-15)6-9(13)14;1-11(2,3)18-10(17)13-7(9(15)16)4-12(6-14)5-8(12)13;2*1-12(2,3)18-11(16)13-6-8(7-14)5-9(13)10(15)17-4;1-11(2,3)16-10(14)12-7-5-6-8(12)9(13)15-4;6-4-2-1-3-5(7)8-4;2-1-3;2*1-2;;;/h4-6,10-11,22H,7-9H2,1-3H3,(H,19,20,23);8-9,15H,5-7H2,1-4H3;7-8,14H,4-6H2,1-3H3,(H,15,16);6,9,14H,5,7H2,1-4H3;6-7,9H,5H2,1-4H3;5,7-8H,6H2,1-4H3;1-3H,(H2,7,8);1H2;2*2H,1H3;;;/q;;;;;;;;;;;+1;-1/t10-,11?,17?;8-,9?,13?;7-,8?,12?;2*9-;8-;;;;;;;/m000000......./s1. The summed E-state index contributed by atoms with van der Waals surface area (Å²) in [6.07, 6.45) is 7.33. The zero-order chi connectivity index (χ0) is 99.4. The number of pyridine rings is 2. The van der Waals surface area contributed by atoms with E-state index in [0.29, 0.717) is 72.2 Å². The van der Waals surface area contributed by atoms with E-state index in [2.05, 4.69) is 107 Å². The van der Waals surface area contributed by atoms with Gasteiger partial charge in [-0.3, -0.25) is 39.0 Å². The number of halogens is 4. The molecule has 3 saturated carbocycles. The molecule has 10 N–H and O–H groups in total. The molecule has 8 heterocycles. The first-order valence-electron chi connectivity index (χ1n) is 40.6. The van der Waals surface area contributed by atoms with Crippen LogP contribution in [0.1, 0.15) is 184 Å². The first kappa shape index (κ1) is 124. The molecule has 0 bridgehead atoms. The van der Waals surface area contributed by atoms with Crippen LogP contribution in [0.25, 0.3) is 0 Å². The molecule has 46 heteroatoms. The van der Waals surface area contributed by atoms with Gasteiger partial charge in [0.1, 0.15) is 97.0 Å². The maximum Gasteiger partial charge on any atom is 1.00 e. The Morgan fingerprint density at radius 3 is 1.14 bits per heavy atom. The molecule has 3 radical (unpaired) electrons. The number of aromatic nitrogens is 2. The van der Waals surface area contributed by atoms with E-state index in [0.717, 1.165) is 30.1 Å². The predicted octanol–water partition coefficient (Wildman–Crippen LogP) is 7.47. The smallest absolute Gasteiger partial charge is 1.00 e. The number of esters is 4. The number of carbonyl (C=O) groups is 13. The van der Waals surface area contributed by atoms with Crippen molar-refractivity contribution in [2.24, 2.45) is 16.2 Å². The van der Waals surface area contributed by atoms with Crippen molar-refractivity contribution in [3.63, 3.8) is 0 Å². The Morgan fingerprint density at radius 2 is 0.802 bits per heavy atom. The Labute approximate surface area is 835 Å². The second kappa shape index (κ2) is 53.8. The second-order valence-corrected chi connectivity index (χ2v) is 42.4. The fourth-order valence-electron chi connectivity index (χ4n) is 13.7. The average molecular weight is 2220 g/mol. The molecule has 6 aliphatic heterocycles. The molecule has 2 aromatic rings. The maximum atomic E-state index is 12.7. The Kier molecular flexibility index (Phi) is 50.8. The van der Waals surface area contributed by atoms with Crippen molar-refractivity contribution in [3.05, 3.63) is 81.4 Å². The molecule has 11 rings (SSSR count). The normalized spacial score (nSPS) is 23.2. The van der Waals surface area contributed by atoms with Crippen LogP contribution in [0, 0.1) is 16.2 Å². The number of nitrogens with two attached hydrogens (primary N) is 1. The van der Waals surface area contributed by atoms with Gasteiger partial charge in [0.15, 0.2) is 0 Å². The molecule has 9 aliphatic rings. The first-order chi connectivity index (χ1) is 59.7. The van der Waals surface area contributed by atoms with Gasteiger partial charge in [-0.25, -0.2) is 62.7 Å². The summed E-state index contributed by atoms with van der Waals surface area (Å²) < 4.78 is 52.7. The van der Waals surface area contributed by atoms with Gasteiger partial charge in [0.25, 0.3) is 0 Å². The second-order valence-electron chi connectivity index (χ2n) is 36.3. The summed E-state index contributed by atoms with van der Waals surface area (Å²) >= 11 is 11.0. The molecular formula is C85H131BBr2I2N10NaO30. The number of carboxylic acids is 1. The van der Waals surface area contributed by atoms with Crippen LogP contribution >= 0.6 is 77.0 Å². The summed E-state index contributed by atoms with van der Waals surface area (Å²) in [5.41, 5.74) is 1.32. The number of aldehydes is 1. The van der Waals surface area contributed by atoms with Gasteiger partial charge in [-0.2, -0.15) is 0 Å². The fraction of sp³-hybridized carbons (Fsp3) is 0.659. The van der Waals surface area contributed by atoms with E-state index in [4.69, 9.17) is 59.3 Å². The zero-order valence-corrected chi connectivity index (χ0v) is 88.7. The molecule has 3 aliphatic carbocycles. The van der Waals surface area contributed by atoms with Crippen molar-refractivity contribution < 1.29 is 176 Å². The van der Waals surface area contributed by atoms with E-state index in [-0.39, 0.29) is 114 Å². The van der Waals surface area contributed by atoms with Crippen LogP contribution in [0.2, 0.25) is 0 Å². The number of nitrogens with one attached hydrogen (secondary N) is 1. The predicted molar refractivity (Wildman–Crippen MR) is 500 cm³/mol. The van der Waals surface area contributed by atoms with Gasteiger partial charge in [0.2, 0.25) is 5.91 Å². The summed E-state index contributed by atoms with van der Waals surface area (Å²) in [4.78, 5) is 169. The fourth-order valence-corrected chi connectivity index (χ4v) is 14.4. The number of fused-ring (bicyclic) bond motifs is 3. The average Bonchev–Trinajstić information content (AvgIpc) is 1.55. The van der Waals surface area contributed by atoms with Crippen LogP contribution in [-0.4, -0.2) is 322 Å². The third-order valence-electron chi connectivity index (χ3n) is 19.5. The maximum absolute atomic E-state index is 12.7. The number of hydrogen-bond donors (Lipinski definition) is 9. The number of piperidine rings is 3. The van der Waals surface area contributed by atoms with Gasteiger partial charge in [0.05, 0.1) is 57.3 Å². The van der Waals surface area contributed by atoms with Gasteiger partial charge < -0.3 is 95.6 Å². The quantitative estimate of drug-likeness (QED) is 0.0189. The zero-order valence-electron chi connectivity index (χ0n) is 80.2. The number of aliphatic carboxylic acids is 1. The minimum absolute atomic E-state index is 0. The number of hydrogen-bond acceptors (Lipinski definition) is 32. The Bertz CT molecular complexity index is 4270. The molecule has 40 nitrogen and oxygen atoms in total. The number of aliphatic hydroxyl groups excluding tert-OH is 6. The van der Waals surface area contributed by atoms with E-state index in [1.165, 1.54) is 67.8 Å². The molecule has 131 heavy (non-hydrogen) atoms. The van der Waals surface area contributed by atoms with E-state index < -0.39 is 142 Å². The van der Waals surface area contributed by atoms with Crippen molar-refractivity contribution in [2.45, 2.75) is 270 Å². The van der Waals surface area contributed by atoms with E-state index >= 15 is 0 Å². The summed E-state index contributed by atoms with van der Waals surface area (Å²) in [6.45, 7) is 31.3. The third-order valence-corrected chi connectivity index (χ3v) is 20.4. The number of nitrogens with zero attached hydrogens (tertiary/aromatic N) is 8. The number of rotatable bonds is 12. The summed E-state index contributed by atoms with van der Waals surface area (Å²) in [5, 5.41) is 63.4. The van der Waals surface area contributed by atoms with Crippen LogP contribution in [0.15, 0.2) is 81.4 Å². The number of methoxy groups -OCH3 is 4. The summed E-state index contributed by atoms with van der Waals surface area (Å²) in [6, 6.07) is 5.75. The van der Waals surface area contributed by atoms with E-state index in [1.807, 2.05) is 12.1 Å². The van der Waals surface area contributed by atoms with Crippen LogP contribution in [0.4, 0.5) is 40.4 Å². The van der Waals surface area contributed by atoms with Crippen molar-refractivity contribution >= 4 is 176 Å². The molecule has 6 unspecified atom stereocenters. The Balaban J connectivity index is 0. The molecule has 7 amide bonds. The number of aliphatic hydroxyl groups is 6. The number of carbonyl (C=O) groups excluding carboxylic acids is 12. The molecule has 6 fully saturated rings. The van der Waals surface area contributed by atoms with Crippen molar-refractivity contribution in [2.75, 3.05) is 82.6 Å². The Hall–Kier alpha value is -7.33. The molecule has 0 spiro atoms. The molecule has 733 valence electrons. The minimum Gasteiger partial charge on any atom is -1.00 e. The van der Waals surface area contributed by atoms with Gasteiger partial charge in [0, 0.05) is 94.0 Å². The van der Waals surface area contributed by atoms with Crippen molar-refractivity contribution in [3.8, 4) is 0 Å². The SMILES string of the molecule is CC(C)(C)OC(=O)N1C2CC2(CO)C[C@H]1C(=O)Nc1cccc(Br)n1.CC(C)(C)OC(=O)N1C2CC2(CO)C[C@H]1C(=O)O.CO.CO.COC(=O)[C@@H]1CC(C=O)=CN1C(=O)OC(C)(C)C.COC(=O)[C@@H]1CC(CO)=CN1C(=O)OC(C)(C)C.COC(=O)[C@@H]1CC2(CO)CC2N1C(=O)OC(C)(C)C.COC(=O)[C@@H]1CC=CN1C(=O)OC(C)(C)C.ICI.Nc1cccc(Br)n1.[B].[H-].[Na+]. The topological polar surface area (TPSA) is 539 Å². The van der Waals surface area contributed by atoms with Gasteiger partial charge in [-0.15, -0.1) is 0 Å². The monoisotopic (exact) mass is 2220 g/mol. The van der Waals surface area contributed by atoms with Gasteiger partial charge in [-0.1, -0.05) is 63.4 Å². The van der Waals surface area contributed by atoms with Crippen LogP contribution < -0.4 is 40.6 Å². The third kappa shape index (κ3) is 38.4. The number of ether oxygens (including phenoxy) is 10. The molecule has 3 saturated heterocycles.